The third-order valence-electron chi connectivity index (χ3n) is 5.98. The van der Waals surface area contributed by atoms with E-state index in [0.717, 1.165) is 46.2 Å². The normalized spacial score (nSPS) is 18.9. The Morgan fingerprint density at radius 2 is 1.76 bits per heavy atom. The van der Waals surface area contributed by atoms with Crippen molar-refractivity contribution < 1.29 is 9.13 Å². The fraction of sp³-hybridized carbons (Fsp3) is 0.385. The summed E-state index contributed by atoms with van der Waals surface area (Å²) in [6.45, 7) is 4.39. The number of halogens is 1. The van der Waals surface area contributed by atoms with Crippen LogP contribution in [0, 0.1) is 11.7 Å². The average molecular weight is 409 g/mol. The minimum absolute atomic E-state index is 0.181. The van der Waals surface area contributed by atoms with E-state index in [0.29, 0.717) is 11.7 Å². The third kappa shape index (κ3) is 4.72. The van der Waals surface area contributed by atoms with Gasteiger partial charge in [0, 0.05) is 10.4 Å². The van der Waals surface area contributed by atoms with Gasteiger partial charge in [-0.15, -0.1) is 0 Å². The second-order valence-corrected chi connectivity index (χ2v) is 9.12. The predicted octanol–water partition coefficient (Wildman–Crippen LogP) is 8.13. The molecule has 0 amide bonds. The molecule has 0 saturated heterocycles. The molecule has 1 heterocycles. The minimum atomic E-state index is -0.181. The number of ether oxygens (including phenoxy) is 1. The highest BCUT2D eigenvalue weighted by Gasteiger charge is 2.25. The summed E-state index contributed by atoms with van der Waals surface area (Å²) in [7, 11) is 0. The van der Waals surface area contributed by atoms with Crippen LogP contribution < -0.4 is 4.74 Å². The predicted molar refractivity (Wildman–Crippen MR) is 121 cm³/mol. The van der Waals surface area contributed by atoms with Gasteiger partial charge in [0.05, 0.1) is 6.10 Å². The molecule has 29 heavy (non-hydrogen) atoms. The SMILES string of the molecule is CCCC1CCC(Oc2ccc(-c3ccc(-c4ccc(CC)cc4)cc3F)s2)C1. The lowest BCUT2D eigenvalue weighted by molar-refractivity contribution is 0.210. The largest absolute Gasteiger partial charge is 0.481 e. The zero-order valence-corrected chi connectivity index (χ0v) is 18.1. The Balaban J connectivity index is 1.46. The molecule has 4 rings (SSSR count). The molecule has 152 valence electrons. The van der Waals surface area contributed by atoms with Crippen LogP contribution in [0.25, 0.3) is 21.6 Å². The maximum atomic E-state index is 14.9. The van der Waals surface area contributed by atoms with Crippen LogP contribution in [0.2, 0.25) is 0 Å². The van der Waals surface area contributed by atoms with E-state index in [9.17, 15) is 4.39 Å². The Morgan fingerprint density at radius 3 is 2.48 bits per heavy atom. The lowest BCUT2D eigenvalue weighted by atomic mass is 10.0. The summed E-state index contributed by atoms with van der Waals surface area (Å²) in [6.07, 6.45) is 7.44. The van der Waals surface area contributed by atoms with E-state index < -0.39 is 0 Å². The second-order valence-electron chi connectivity index (χ2n) is 8.07. The molecule has 1 saturated carbocycles. The van der Waals surface area contributed by atoms with Crippen molar-refractivity contribution in [1.82, 2.24) is 0 Å². The number of aryl methyl sites for hydroxylation is 1. The van der Waals surface area contributed by atoms with Gasteiger partial charge in [0.1, 0.15) is 5.82 Å². The summed E-state index contributed by atoms with van der Waals surface area (Å²) in [4.78, 5) is 0.925. The van der Waals surface area contributed by atoms with Crippen molar-refractivity contribution in [3.05, 3.63) is 66.0 Å². The van der Waals surface area contributed by atoms with Crippen molar-refractivity contribution in [2.24, 2.45) is 5.92 Å². The van der Waals surface area contributed by atoms with E-state index in [2.05, 4.69) is 38.1 Å². The lowest BCUT2D eigenvalue weighted by Crippen LogP contribution is -2.11. The molecule has 2 atom stereocenters. The summed E-state index contributed by atoms with van der Waals surface area (Å²) >= 11 is 1.55. The number of benzene rings is 2. The molecule has 3 aromatic rings. The van der Waals surface area contributed by atoms with Gasteiger partial charge in [-0.1, -0.05) is 68.4 Å². The van der Waals surface area contributed by atoms with Gasteiger partial charge < -0.3 is 4.74 Å². The number of hydrogen-bond acceptors (Lipinski definition) is 2. The van der Waals surface area contributed by atoms with Gasteiger partial charge in [0.2, 0.25) is 0 Å². The van der Waals surface area contributed by atoms with Gasteiger partial charge in [0.15, 0.2) is 5.06 Å². The molecule has 2 unspecified atom stereocenters. The summed E-state index contributed by atoms with van der Waals surface area (Å²) < 4.78 is 21.1. The molecule has 0 spiro atoms. The molecule has 1 aliphatic rings. The third-order valence-corrected chi connectivity index (χ3v) is 6.99. The Bertz CT molecular complexity index is 944. The Hall–Kier alpha value is -2.13. The maximum Gasteiger partial charge on any atom is 0.174 e. The number of thiophene rings is 1. The molecule has 1 fully saturated rings. The monoisotopic (exact) mass is 408 g/mol. The number of hydrogen-bond donors (Lipinski definition) is 0. The Morgan fingerprint density at radius 1 is 0.966 bits per heavy atom. The zero-order chi connectivity index (χ0) is 20.2. The van der Waals surface area contributed by atoms with Crippen LogP contribution in [0.3, 0.4) is 0 Å². The molecular weight excluding hydrogens is 379 g/mol. The quantitative estimate of drug-likeness (QED) is 0.383. The number of rotatable bonds is 7. The van der Waals surface area contributed by atoms with Gasteiger partial charge >= 0.3 is 0 Å². The molecule has 0 bridgehead atoms. The molecule has 1 nitrogen and oxygen atoms in total. The van der Waals surface area contributed by atoms with Gasteiger partial charge in [-0.25, -0.2) is 4.39 Å². The molecule has 0 N–H and O–H groups in total. The highest BCUT2D eigenvalue weighted by molar-refractivity contribution is 7.17. The summed E-state index contributed by atoms with van der Waals surface area (Å²) in [5.41, 5.74) is 3.90. The summed E-state index contributed by atoms with van der Waals surface area (Å²) in [5, 5.41) is 0.903. The van der Waals surface area contributed by atoms with Crippen LogP contribution >= 0.6 is 11.3 Å². The average Bonchev–Trinajstić information content (AvgIpc) is 3.38. The van der Waals surface area contributed by atoms with Crippen molar-refractivity contribution in [2.75, 3.05) is 0 Å². The first-order valence-corrected chi connectivity index (χ1v) is 11.6. The smallest absolute Gasteiger partial charge is 0.174 e. The van der Waals surface area contributed by atoms with Crippen molar-refractivity contribution >= 4 is 11.3 Å². The lowest BCUT2D eigenvalue weighted by Gasteiger charge is -2.12. The Kier molecular flexibility index (Phi) is 6.34. The Labute approximate surface area is 177 Å². The van der Waals surface area contributed by atoms with E-state index in [-0.39, 0.29) is 5.82 Å². The van der Waals surface area contributed by atoms with E-state index >= 15 is 0 Å². The molecule has 0 aliphatic heterocycles. The molecule has 1 aliphatic carbocycles. The van der Waals surface area contributed by atoms with Crippen molar-refractivity contribution in [1.29, 1.82) is 0 Å². The summed E-state index contributed by atoms with van der Waals surface area (Å²) in [6, 6.07) is 17.9. The van der Waals surface area contributed by atoms with Crippen LogP contribution in [-0.4, -0.2) is 6.10 Å². The summed E-state index contributed by atoms with van der Waals surface area (Å²) in [5.74, 6) is 0.625. The molecule has 3 heteroatoms. The highest BCUT2D eigenvalue weighted by Crippen LogP contribution is 2.39. The minimum Gasteiger partial charge on any atom is -0.481 e. The van der Waals surface area contributed by atoms with E-state index in [1.54, 1.807) is 17.4 Å². The van der Waals surface area contributed by atoms with Crippen LogP contribution in [-0.2, 0) is 6.42 Å². The van der Waals surface area contributed by atoms with Gasteiger partial charge in [0.25, 0.3) is 0 Å². The first kappa shape index (κ1) is 20.2. The van der Waals surface area contributed by atoms with Gasteiger partial charge in [-0.2, -0.15) is 0 Å². The zero-order valence-electron chi connectivity index (χ0n) is 17.3. The fourth-order valence-corrected chi connectivity index (χ4v) is 5.28. The van der Waals surface area contributed by atoms with E-state index in [4.69, 9.17) is 4.74 Å². The van der Waals surface area contributed by atoms with Crippen molar-refractivity contribution in [3.8, 4) is 26.6 Å². The first-order valence-electron chi connectivity index (χ1n) is 10.8. The fourth-order valence-electron chi connectivity index (χ4n) is 4.33. The van der Waals surface area contributed by atoms with Gasteiger partial charge in [-0.3, -0.25) is 0 Å². The molecule has 0 radical (unpaired) electrons. The van der Waals surface area contributed by atoms with Crippen molar-refractivity contribution in [3.63, 3.8) is 0 Å². The second kappa shape index (κ2) is 9.13. The standard InChI is InChI=1S/C26H29FOS/c1-3-5-19-8-12-22(16-19)28-26-15-14-25(29-26)23-13-11-21(17-24(23)27)20-9-6-18(4-2)7-10-20/h6-7,9-11,13-15,17,19,22H,3-5,8,12,16H2,1-2H3. The molecular formula is C26H29FOS. The van der Waals surface area contributed by atoms with Crippen LogP contribution in [0.5, 0.6) is 5.06 Å². The highest BCUT2D eigenvalue weighted by atomic mass is 32.1. The maximum absolute atomic E-state index is 14.9. The van der Waals surface area contributed by atoms with E-state index in [1.165, 1.54) is 24.8 Å². The van der Waals surface area contributed by atoms with Crippen LogP contribution in [0.15, 0.2) is 54.6 Å². The van der Waals surface area contributed by atoms with Crippen LogP contribution in [0.1, 0.15) is 51.5 Å². The topological polar surface area (TPSA) is 9.23 Å². The van der Waals surface area contributed by atoms with Crippen molar-refractivity contribution in [2.45, 2.75) is 58.5 Å². The van der Waals surface area contributed by atoms with E-state index in [1.807, 2.05) is 24.3 Å². The molecule has 1 aromatic heterocycles. The molecule has 2 aromatic carbocycles. The van der Waals surface area contributed by atoms with Gasteiger partial charge in [-0.05, 0) is 72.6 Å². The first-order chi connectivity index (χ1) is 14.2. The van der Waals surface area contributed by atoms with Crippen LogP contribution in [0.4, 0.5) is 4.39 Å².